The molecule has 1 aliphatic rings. The molecule has 0 aliphatic heterocycles. The summed E-state index contributed by atoms with van der Waals surface area (Å²) in [7, 11) is 1.76. The van der Waals surface area contributed by atoms with Crippen LogP contribution in [-0.4, -0.2) is 24.7 Å². The molecule has 0 heterocycles. The molecule has 0 saturated heterocycles. The molecule has 0 radical (unpaired) electrons. The van der Waals surface area contributed by atoms with Gasteiger partial charge in [-0.1, -0.05) is 25.1 Å². The van der Waals surface area contributed by atoms with Crippen molar-refractivity contribution < 1.29 is 4.74 Å². The fraction of sp³-hybridized carbons (Fsp3) is 0.647. The van der Waals surface area contributed by atoms with E-state index in [2.05, 4.69) is 36.7 Å². The SMILES string of the molecule is CCC(NC1CCC(SC)CC1)c1ccccc1OC. The minimum Gasteiger partial charge on any atom is -0.496 e. The third kappa shape index (κ3) is 3.92. The van der Waals surface area contributed by atoms with Crippen molar-refractivity contribution >= 4 is 11.8 Å². The summed E-state index contributed by atoms with van der Waals surface area (Å²) in [6, 6.07) is 9.46. The second-order valence-corrected chi connectivity index (χ2v) is 6.72. The number of methoxy groups -OCH3 is 1. The number of nitrogens with one attached hydrogen (secondary N) is 1. The van der Waals surface area contributed by atoms with E-state index in [4.69, 9.17) is 4.74 Å². The zero-order valence-corrected chi connectivity index (χ0v) is 13.7. The van der Waals surface area contributed by atoms with Crippen LogP contribution in [0.2, 0.25) is 0 Å². The van der Waals surface area contributed by atoms with E-state index in [0.29, 0.717) is 12.1 Å². The Bertz CT molecular complexity index is 402. The van der Waals surface area contributed by atoms with Crippen LogP contribution in [0.4, 0.5) is 0 Å². The smallest absolute Gasteiger partial charge is 0.123 e. The predicted molar refractivity (Wildman–Crippen MR) is 88.7 cm³/mol. The third-order valence-corrected chi connectivity index (χ3v) is 5.51. The molecule has 1 aliphatic carbocycles. The Labute approximate surface area is 127 Å². The highest BCUT2D eigenvalue weighted by molar-refractivity contribution is 7.99. The van der Waals surface area contributed by atoms with Crippen molar-refractivity contribution in [2.24, 2.45) is 0 Å². The van der Waals surface area contributed by atoms with Gasteiger partial charge in [-0.05, 0) is 44.4 Å². The summed E-state index contributed by atoms with van der Waals surface area (Å²) in [6.07, 6.45) is 8.64. The zero-order chi connectivity index (χ0) is 14.4. The second kappa shape index (κ2) is 7.94. The Kier molecular flexibility index (Phi) is 6.24. The van der Waals surface area contributed by atoms with E-state index in [1.165, 1.54) is 31.2 Å². The molecule has 3 heteroatoms. The lowest BCUT2D eigenvalue weighted by Crippen LogP contribution is -2.36. The monoisotopic (exact) mass is 293 g/mol. The lowest BCUT2D eigenvalue weighted by molar-refractivity contribution is 0.330. The van der Waals surface area contributed by atoms with Crippen molar-refractivity contribution in [3.8, 4) is 5.75 Å². The van der Waals surface area contributed by atoms with E-state index in [-0.39, 0.29) is 0 Å². The quantitative estimate of drug-likeness (QED) is 0.839. The molecule has 0 amide bonds. The minimum absolute atomic E-state index is 0.405. The normalized spacial score (nSPS) is 24.4. The molecule has 0 bridgehead atoms. The molecule has 0 aromatic heterocycles. The fourth-order valence-electron chi connectivity index (χ4n) is 3.13. The first kappa shape index (κ1) is 15.7. The fourth-order valence-corrected chi connectivity index (χ4v) is 3.88. The molecule has 20 heavy (non-hydrogen) atoms. The zero-order valence-electron chi connectivity index (χ0n) is 12.9. The second-order valence-electron chi connectivity index (χ2n) is 5.58. The Balaban J connectivity index is 1.99. The van der Waals surface area contributed by atoms with Crippen LogP contribution in [0, 0.1) is 0 Å². The molecule has 2 nitrogen and oxygen atoms in total. The van der Waals surface area contributed by atoms with Gasteiger partial charge in [0.2, 0.25) is 0 Å². The van der Waals surface area contributed by atoms with Gasteiger partial charge in [0.1, 0.15) is 5.75 Å². The summed E-state index contributed by atoms with van der Waals surface area (Å²) in [5, 5.41) is 4.73. The van der Waals surface area contributed by atoms with Crippen molar-refractivity contribution in [1.29, 1.82) is 0 Å². The minimum atomic E-state index is 0.405. The highest BCUT2D eigenvalue weighted by Gasteiger charge is 2.23. The average Bonchev–Trinajstić information content (AvgIpc) is 2.53. The van der Waals surface area contributed by atoms with Gasteiger partial charge >= 0.3 is 0 Å². The van der Waals surface area contributed by atoms with Gasteiger partial charge in [0.15, 0.2) is 0 Å². The summed E-state index contributed by atoms with van der Waals surface area (Å²) in [5.41, 5.74) is 1.30. The van der Waals surface area contributed by atoms with Gasteiger partial charge in [-0.25, -0.2) is 0 Å². The van der Waals surface area contributed by atoms with Crippen LogP contribution in [-0.2, 0) is 0 Å². The van der Waals surface area contributed by atoms with E-state index in [1.807, 2.05) is 17.8 Å². The Morgan fingerprint density at radius 2 is 1.95 bits per heavy atom. The summed E-state index contributed by atoms with van der Waals surface area (Å²) in [4.78, 5) is 0. The largest absolute Gasteiger partial charge is 0.496 e. The predicted octanol–water partition coefficient (Wildman–Crippen LogP) is 4.41. The van der Waals surface area contributed by atoms with E-state index in [9.17, 15) is 0 Å². The number of rotatable bonds is 6. The van der Waals surface area contributed by atoms with Gasteiger partial charge in [-0.15, -0.1) is 0 Å². The number of hydrogen-bond donors (Lipinski definition) is 1. The summed E-state index contributed by atoms with van der Waals surface area (Å²) in [6.45, 7) is 2.25. The van der Waals surface area contributed by atoms with Crippen molar-refractivity contribution in [3.05, 3.63) is 29.8 Å². The number of para-hydroxylation sites is 1. The number of benzene rings is 1. The lowest BCUT2D eigenvalue weighted by atomic mass is 9.93. The molecule has 112 valence electrons. The standard InChI is InChI=1S/C17H27NOS/c1-4-16(15-7-5-6-8-17(15)19-2)18-13-9-11-14(20-3)12-10-13/h5-8,13-14,16,18H,4,9-12H2,1-3H3. The van der Waals surface area contributed by atoms with Crippen LogP contribution in [0.25, 0.3) is 0 Å². The maximum Gasteiger partial charge on any atom is 0.123 e. The van der Waals surface area contributed by atoms with Gasteiger partial charge in [-0.3, -0.25) is 0 Å². The first-order valence-corrected chi connectivity index (χ1v) is 8.99. The summed E-state index contributed by atoms with van der Waals surface area (Å²) in [5.74, 6) is 1.00. The number of ether oxygens (including phenoxy) is 1. The first-order valence-electron chi connectivity index (χ1n) is 7.70. The molecule has 1 unspecified atom stereocenters. The molecule has 0 spiro atoms. The molecule has 1 atom stereocenters. The Hall–Kier alpha value is -0.670. The molecule has 1 saturated carbocycles. The van der Waals surface area contributed by atoms with Crippen molar-refractivity contribution in [2.75, 3.05) is 13.4 Å². The molecular weight excluding hydrogens is 266 g/mol. The van der Waals surface area contributed by atoms with E-state index in [0.717, 1.165) is 17.4 Å². The Morgan fingerprint density at radius 1 is 1.25 bits per heavy atom. The van der Waals surface area contributed by atoms with Crippen LogP contribution in [0.15, 0.2) is 24.3 Å². The van der Waals surface area contributed by atoms with Crippen LogP contribution >= 0.6 is 11.8 Å². The van der Waals surface area contributed by atoms with E-state index < -0.39 is 0 Å². The van der Waals surface area contributed by atoms with Crippen molar-refractivity contribution in [3.63, 3.8) is 0 Å². The molecular formula is C17H27NOS. The number of hydrogen-bond acceptors (Lipinski definition) is 3. The topological polar surface area (TPSA) is 21.3 Å². The van der Waals surface area contributed by atoms with Gasteiger partial charge in [-0.2, -0.15) is 11.8 Å². The van der Waals surface area contributed by atoms with Crippen LogP contribution < -0.4 is 10.1 Å². The maximum atomic E-state index is 5.51. The van der Waals surface area contributed by atoms with Crippen molar-refractivity contribution in [1.82, 2.24) is 5.32 Å². The maximum absolute atomic E-state index is 5.51. The van der Waals surface area contributed by atoms with E-state index in [1.54, 1.807) is 7.11 Å². The van der Waals surface area contributed by atoms with E-state index >= 15 is 0 Å². The number of thioether (sulfide) groups is 1. The average molecular weight is 293 g/mol. The van der Waals surface area contributed by atoms with Crippen LogP contribution in [0.5, 0.6) is 5.75 Å². The molecule has 1 aromatic rings. The van der Waals surface area contributed by atoms with Crippen molar-refractivity contribution in [2.45, 2.75) is 56.4 Å². The lowest BCUT2D eigenvalue weighted by Gasteiger charge is -2.32. The van der Waals surface area contributed by atoms with Gasteiger partial charge < -0.3 is 10.1 Å². The Morgan fingerprint density at radius 3 is 2.55 bits per heavy atom. The van der Waals surface area contributed by atoms with Gasteiger partial charge in [0.05, 0.1) is 7.11 Å². The summed E-state index contributed by atoms with van der Waals surface area (Å²) >= 11 is 2.03. The molecule has 1 N–H and O–H groups in total. The van der Waals surface area contributed by atoms with Gasteiger partial charge in [0, 0.05) is 22.9 Å². The molecule has 2 rings (SSSR count). The van der Waals surface area contributed by atoms with Gasteiger partial charge in [0.25, 0.3) is 0 Å². The molecule has 1 aromatic carbocycles. The first-order chi connectivity index (χ1) is 9.78. The third-order valence-electron chi connectivity index (χ3n) is 4.37. The highest BCUT2D eigenvalue weighted by atomic mass is 32.2. The van der Waals surface area contributed by atoms with Crippen LogP contribution in [0.1, 0.15) is 50.6 Å². The van der Waals surface area contributed by atoms with Crippen LogP contribution in [0.3, 0.4) is 0 Å². The summed E-state index contributed by atoms with van der Waals surface area (Å²) < 4.78 is 5.51. The highest BCUT2D eigenvalue weighted by Crippen LogP contribution is 2.31. The molecule has 1 fully saturated rings.